The highest BCUT2D eigenvalue weighted by molar-refractivity contribution is 9.10. The lowest BCUT2D eigenvalue weighted by Gasteiger charge is -2.18. The second-order valence-corrected chi connectivity index (χ2v) is 6.40. The highest BCUT2D eigenvalue weighted by Gasteiger charge is 2.19. The number of hydrogen-bond acceptors (Lipinski definition) is 2. The van der Waals surface area contributed by atoms with E-state index in [1.54, 1.807) is 20.3 Å². The number of methoxy groups -OCH3 is 2. The van der Waals surface area contributed by atoms with Gasteiger partial charge in [-0.05, 0) is 30.3 Å². The van der Waals surface area contributed by atoms with E-state index in [9.17, 15) is 0 Å². The van der Waals surface area contributed by atoms with Crippen LogP contribution in [0.3, 0.4) is 0 Å². The number of benzene rings is 2. The maximum absolute atomic E-state index is 6.00. The molecule has 2 aromatic rings. The first-order valence-electron chi connectivity index (χ1n) is 5.87. The molecular formula is C15H13Br2ClO2. The molecule has 0 radical (unpaired) electrons. The average molecular weight is 421 g/mol. The summed E-state index contributed by atoms with van der Waals surface area (Å²) in [6.45, 7) is 0. The van der Waals surface area contributed by atoms with Gasteiger partial charge in [0.05, 0.1) is 19.0 Å². The summed E-state index contributed by atoms with van der Waals surface area (Å²) in [6.07, 6.45) is 0. The highest BCUT2D eigenvalue weighted by Crippen LogP contribution is 2.42. The third-order valence-corrected chi connectivity index (χ3v) is 4.65. The van der Waals surface area contributed by atoms with Crippen molar-refractivity contribution >= 4 is 43.5 Å². The first-order valence-corrected chi connectivity index (χ1v) is 7.96. The molecule has 0 spiro atoms. The Kier molecular flexibility index (Phi) is 5.35. The molecule has 0 aromatic heterocycles. The van der Waals surface area contributed by atoms with Crippen LogP contribution in [0.1, 0.15) is 16.0 Å². The second-order valence-electron chi connectivity index (χ2n) is 4.14. The molecule has 0 fully saturated rings. The van der Waals surface area contributed by atoms with Gasteiger partial charge in [0.25, 0.3) is 0 Å². The molecule has 0 saturated carbocycles. The Hall–Kier alpha value is -0.710. The third-order valence-electron chi connectivity index (χ3n) is 2.93. The molecule has 2 aromatic carbocycles. The number of rotatable bonds is 4. The van der Waals surface area contributed by atoms with Gasteiger partial charge in [0.15, 0.2) is 0 Å². The van der Waals surface area contributed by atoms with Crippen LogP contribution in [0.15, 0.2) is 40.9 Å². The highest BCUT2D eigenvalue weighted by atomic mass is 79.9. The average Bonchev–Trinajstić information content (AvgIpc) is 2.46. The Bertz CT molecular complexity index is 617. The van der Waals surface area contributed by atoms with Crippen molar-refractivity contribution in [2.24, 2.45) is 0 Å². The van der Waals surface area contributed by atoms with Gasteiger partial charge in [-0.1, -0.05) is 49.5 Å². The molecule has 2 nitrogen and oxygen atoms in total. The number of ether oxygens (including phenoxy) is 2. The second kappa shape index (κ2) is 6.83. The molecule has 0 N–H and O–H groups in total. The van der Waals surface area contributed by atoms with Gasteiger partial charge in [-0.25, -0.2) is 0 Å². The molecule has 0 amide bonds. The Balaban J connectivity index is 2.51. The fourth-order valence-electron chi connectivity index (χ4n) is 1.97. The van der Waals surface area contributed by atoms with E-state index >= 15 is 0 Å². The van der Waals surface area contributed by atoms with Gasteiger partial charge in [-0.3, -0.25) is 0 Å². The van der Waals surface area contributed by atoms with E-state index in [0.29, 0.717) is 5.02 Å². The summed E-state index contributed by atoms with van der Waals surface area (Å²) in [5.41, 5.74) is 2.01. The molecule has 0 aliphatic heterocycles. The SMILES string of the molecule is COc1cc(Cl)ccc1C(Br)c1cc(Br)ccc1OC. The van der Waals surface area contributed by atoms with E-state index in [-0.39, 0.29) is 4.83 Å². The van der Waals surface area contributed by atoms with Gasteiger partial charge >= 0.3 is 0 Å². The lowest BCUT2D eigenvalue weighted by Crippen LogP contribution is -2.00. The van der Waals surface area contributed by atoms with Crippen molar-refractivity contribution in [3.63, 3.8) is 0 Å². The monoisotopic (exact) mass is 418 g/mol. The Morgan fingerprint density at radius 1 is 0.950 bits per heavy atom. The predicted molar refractivity (Wildman–Crippen MR) is 89.5 cm³/mol. The molecule has 0 aliphatic carbocycles. The maximum atomic E-state index is 6.00. The van der Waals surface area contributed by atoms with Crippen molar-refractivity contribution in [1.29, 1.82) is 0 Å². The quantitative estimate of drug-likeness (QED) is 0.599. The molecule has 5 heteroatoms. The fourth-order valence-corrected chi connectivity index (χ4v) is 3.24. The zero-order valence-corrected chi connectivity index (χ0v) is 14.9. The van der Waals surface area contributed by atoms with Crippen molar-refractivity contribution in [1.82, 2.24) is 0 Å². The zero-order chi connectivity index (χ0) is 14.7. The van der Waals surface area contributed by atoms with E-state index in [0.717, 1.165) is 27.1 Å². The van der Waals surface area contributed by atoms with Crippen LogP contribution in [0, 0.1) is 0 Å². The third kappa shape index (κ3) is 3.30. The van der Waals surface area contributed by atoms with Crippen molar-refractivity contribution in [2.75, 3.05) is 14.2 Å². The first kappa shape index (κ1) is 15.7. The lowest BCUT2D eigenvalue weighted by atomic mass is 10.0. The van der Waals surface area contributed by atoms with Gasteiger partial charge in [0.2, 0.25) is 0 Å². The Labute approximate surface area is 140 Å². The van der Waals surface area contributed by atoms with Crippen LogP contribution in [0.4, 0.5) is 0 Å². The van der Waals surface area contributed by atoms with Crippen LogP contribution in [0.2, 0.25) is 5.02 Å². The van der Waals surface area contributed by atoms with Gasteiger partial charge in [-0.15, -0.1) is 0 Å². The van der Waals surface area contributed by atoms with E-state index < -0.39 is 0 Å². The van der Waals surface area contributed by atoms with E-state index in [4.69, 9.17) is 21.1 Å². The van der Waals surface area contributed by atoms with Gasteiger partial charge < -0.3 is 9.47 Å². The molecule has 0 bridgehead atoms. The van der Waals surface area contributed by atoms with Gasteiger partial charge in [-0.2, -0.15) is 0 Å². The lowest BCUT2D eigenvalue weighted by molar-refractivity contribution is 0.405. The normalized spacial score (nSPS) is 12.1. The minimum absolute atomic E-state index is 0.0535. The standard InChI is InChI=1S/C15H13Br2ClO2/c1-19-13-6-3-9(16)7-12(13)15(17)11-5-4-10(18)8-14(11)20-2/h3-8,15H,1-2H3. The summed E-state index contributed by atoms with van der Waals surface area (Å²) in [5.74, 6) is 1.55. The summed E-state index contributed by atoms with van der Waals surface area (Å²) in [5, 5.41) is 0.645. The van der Waals surface area contributed by atoms with Gasteiger partial charge in [0.1, 0.15) is 11.5 Å². The van der Waals surface area contributed by atoms with Gasteiger partial charge in [0, 0.05) is 20.6 Å². The van der Waals surface area contributed by atoms with Crippen LogP contribution in [0.25, 0.3) is 0 Å². The largest absolute Gasteiger partial charge is 0.496 e. The first-order chi connectivity index (χ1) is 9.56. The van der Waals surface area contributed by atoms with Crippen molar-refractivity contribution in [3.8, 4) is 11.5 Å². The Morgan fingerprint density at radius 3 is 2.30 bits per heavy atom. The summed E-state index contributed by atoms with van der Waals surface area (Å²) in [6, 6.07) is 11.5. The molecule has 0 aliphatic rings. The van der Waals surface area contributed by atoms with Crippen molar-refractivity contribution in [3.05, 3.63) is 57.0 Å². The predicted octanol–water partition coefficient (Wildman–Crippen LogP) is 5.60. The Morgan fingerprint density at radius 2 is 1.65 bits per heavy atom. The molecule has 1 atom stereocenters. The maximum Gasteiger partial charge on any atom is 0.125 e. The molecule has 20 heavy (non-hydrogen) atoms. The molecule has 0 saturated heterocycles. The summed E-state index contributed by atoms with van der Waals surface area (Å²) < 4.78 is 11.8. The van der Waals surface area contributed by atoms with Crippen molar-refractivity contribution in [2.45, 2.75) is 4.83 Å². The molecule has 2 rings (SSSR count). The summed E-state index contributed by atoms with van der Waals surface area (Å²) in [7, 11) is 3.29. The topological polar surface area (TPSA) is 18.5 Å². The van der Waals surface area contributed by atoms with E-state index in [2.05, 4.69) is 31.9 Å². The molecule has 1 unspecified atom stereocenters. The summed E-state index contributed by atoms with van der Waals surface area (Å²) >= 11 is 13.2. The van der Waals surface area contributed by atoms with Crippen molar-refractivity contribution < 1.29 is 9.47 Å². The minimum atomic E-state index is -0.0535. The number of halogens is 3. The van der Waals surface area contributed by atoms with E-state index in [1.807, 2.05) is 30.3 Å². The summed E-state index contributed by atoms with van der Waals surface area (Å²) in [4.78, 5) is -0.0535. The van der Waals surface area contributed by atoms with Crippen LogP contribution < -0.4 is 9.47 Å². The fraction of sp³-hybridized carbons (Fsp3) is 0.200. The minimum Gasteiger partial charge on any atom is -0.496 e. The molecule has 106 valence electrons. The smallest absolute Gasteiger partial charge is 0.125 e. The van der Waals surface area contributed by atoms with Crippen LogP contribution in [-0.4, -0.2) is 14.2 Å². The van der Waals surface area contributed by atoms with Crippen LogP contribution in [0.5, 0.6) is 11.5 Å². The molecular weight excluding hydrogens is 407 g/mol. The van der Waals surface area contributed by atoms with E-state index in [1.165, 1.54) is 0 Å². The van der Waals surface area contributed by atoms with Crippen LogP contribution >= 0.6 is 43.5 Å². The number of alkyl halides is 1. The zero-order valence-electron chi connectivity index (χ0n) is 11.0. The number of hydrogen-bond donors (Lipinski definition) is 0. The van der Waals surface area contributed by atoms with Crippen LogP contribution in [-0.2, 0) is 0 Å². The molecule has 0 heterocycles.